The van der Waals surface area contributed by atoms with E-state index in [1.807, 2.05) is 0 Å². The normalized spacial score (nSPS) is 10.4. The lowest BCUT2D eigenvalue weighted by Crippen LogP contribution is -2.37. The van der Waals surface area contributed by atoms with Crippen molar-refractivity contribution in [2.75, 3.05) is 19.8 Å². The minimum absolute atomic E-state index is 0.106. The minimum atomic E-state index is -0.901. The van der Waals surface area contributed by atoms with E-state index in [0.29, 0.717) is 0 Å². The van der Waals surface area contributed by atoms with Crippen molar-refractivity contribution in [2.45, 2.75) is 27.7 Å². The average Bonchev–Trinajstić information content (AvgIpc) is 2.47. The van der Waals surface area contributed by atoms with Crippen molar-refractivity contribution in [3.63, 3.8) is 0 Å². The van der Waals surface area contributed by atoms with E-state index < -0.39 is 23.3 Å². The fraction of sp³-hybridized carbons (Fsp3) is 0.471. The topological polar surface area (TPSA) is 78.9 Å². The van der Waals surface area contributed by atoms with Gasteiger partial charge in [0.25, 0.3) is 0 Å². The van der Waals surface area contributed by atoms with E-state index in [0.717, 1.165) is 0 Å². The van der Waals surface area contributed by atoms with Crippen LogP contribution in [0.1, 0.15) is 27.7 Å². The standard InChI is InChI=1S/C17H24O6/c1-11(2)14(18)21-8-17(7,9-22-15(19)12(3)4)10-23-16(20)13(5)6/h1,3,5,8-10H2,2,4,6-7H3. The highest BCUT2D eigenvalue weighted by Crippen LogP contribution is 2.20. The molecule has 0 fully saturated rings. The molecule has 0 atom stereocenters. The van der Waals surface area contributed by atoms with Crippen LogP contribution in [0.2, 0.25) is 0 Å². The summed E-state index contributed by atoms with van der Waals surface area (Å²) in [5.74, 6) is -1.73. The Morgan fingerprint density at radius 3 is 1.09 bits per heavy atom. The number of rotatable bonds is 9. The van der Waals surface area contributed by atoms with Crippen molar-refractivity contribution in [2.24, 2.45) is 5.41 Å². The Hall–Kier alpha value is -2.37. The Labute approximate surface area is 136 Å². The van der Waals surface area contributed by atoms with Crippen molar-refractivity contribution < 1.29 is 28.6 Å². The van der Waals surface area contributed by atoms with Crippen molar-refractivity contribution in [1.29, 1.82) is 0 Å². The average molecular weight is 324 g/mol. The Morgan fingerprint density at radius 2 is 0.913 bits per heavy atom. The van der Waals surface area contributed by atoms with Crippen LogP contribution >= 0.6 is 0 Å². The van der Waals surface area contributed by atoms with Crippen LogP contribution < -0.4 is 0 Å². The molecule has 0 spiro atoms. The molecule has 0 heterocycles. The number of hydrogen-bond donors (Lipinski definition) is 0. The summed E-state index contributed by atoms with van der Waals surface area (Å²) in [6.45, 7) is 16.3. The molecule has 0 aromatic rings. The zero-order chi connectivity index (χ0) is 18.2. The summed E-state index contributed by atoms with van der Waals surface area (Å²) < 4.78 is 15.3. The molecule has 0 amide bonds. The molecule has 0 aliphatic heterocycles. The van der Waals surface area contributed by atoms with Gasteiger partial charge in [0.05, 0.1) is 5.41 Å². The fourth-order valence-electron chi connectivity index (χ4n) is 1.21. The van der Waals surface area contributed by atoms with E-state index in [2.05, 4.69) is 19.7 Å². The molecule has 0 aromatic heterocycles. The van der Waals surface area contributed by atoms with Gasteiger partial charge in [0, 0.05) is 16.7 Å². The van der Waals surface area contributed by atoms with Gasteiger partial charge in [0.1, 0.15) is 19.8 Å². The van der Waals surface area contributed by atoms with E-state index in [4.69, 9.17) is 14.2 Å². The van der Waals surface area contributed by atoms with Crippen LogP contribution in [0.5, 0.6) is 0 Å². The first-order valence-corrected chi connectivity index (χ1v) is 6.96. The second-order valence-electron chi connectivity index (χ2n) is 5.88. The van der Waals surface area contributed by atoms with Gasteiger partial charge in [-0.15, -0.1) is 0 Å². The summed E-state index contributed by atoms with van der Waals surface area (Å²) in [5.41, 5.74) is -0.179. The molecule has 0 saturated carbocycles. The van der Waals surface area contributed by atoms with Gasteiger partial charge in [-0.1, -0.05) is 19.7 Å². The smallest absolute Gasteiger partial charge is 0.333 e. The van der Waals surface area contributed by atoms with Gasteiger partial charge in [-0.2, -0.15) is 0 Å². The Morgan fingerprint density at radius 1 is 0.696 bits per heavy atom. The lowest BCUT2D eigenvalue weighted by molar-refractivity contribution is -0.155. The molecule has 6 nitrogen and oxygen atoms in total. The highest BCUT2D eigenvalue weighted by Gasteiger charge is 2.31. The fourth-order valence-corrected chi connectivity index (χ4v) is 1.21. The van der Waals surface area contributed by atoms with E-state index in [-0.39, 0.29) is 36.5 Å². The zero-order valence-corrected chi connectivity index (χ0v) is 14.2. The molecule has 0 unspecified atom stereocenters. The molecule has 0 rings (SSSR count). The zero-order valence-electron chi connectivity index (χ0n) is 14.2. The first kappa shape index (κ1) is 20.6. The SMILES string of the molecule is C=C(C)C(=O)OCC(C)(COC(=O)C(=C)C)COC(=O)C(=C)C. The van der Waals surface area contributed by atoms with Crippen molar-refractivity contribution in [3.05, 3.63) is 36.5 Å². The Balaban J connectivity index is 4.87. The van der Waals surface area contributed by atoms with Crippen LogP contribution in [0.15, 0.2) is 36.5 Å². The molecular weight excluding hydrogens is 300 g/mol. The number of ether oxygens (including phenoxy) is 3. The van der Waals surface area contributed by atoms with E-state index in [1.165, 1.54) is 20.8 Å². The summed E-state index contributed by atoms with van der Waals surface area (Å²) in [5, 5.41) is 0. The van der Waals surface area contributed by atoms with Crippen LogP contribution in [0, 0.1) is 5.41 Å². The van der Waals surface area contributed by atoms with Crippen LogP contribution in [0.4, 0.5) is 0 Å². The van der Waals surface area contributed by atoms with Gasteiger partial charge in [-0.3, -0.25) is 0 Å². The van der Waals surface area contributed by atoms with Gasteiger partial charge in [-0.05, 0) is 27.7 Å². The monoisotopic (exact) mass is 324 g/mol. The van der Waals surface area contributed by atoms with Gasteiger partial charge in [0.15, 0.2) is 0 Å². The molecule has 128 valence electrons. The third-order valence-corrected chi connectivity index (χ3v) is 2.70. The second kappa shape index (κ2) is 8.92. The predicted octanol–water partition coefficient (Wildman–Crippen LogP) is 2.35. The van der Waals surface area contributed by atoms with E-state index >= 15 is 0 Å². The van der Waals surface area contributed by atoms with Crippen molar-refractivity contribution in [1.82, 2.24) is 0 Å². The third-order valence-electron chi connectivity index (χ3n) is 2.70. The maximum atomic E-state index is 11.5. The summed E-state index contributed by atoms with van der Waals surface area (Å²) in [7, 11) is 0. The molecule has 0 aliphatic carbocycles. The Bertz CT molecular complexity index is 455. The van der Waals surface area contributed by atoms with Gasteiger partial charge < -0.3 is 14.2 Å². The number of carbonyl (C=O) groups is 3. The van der Waals surface area contributed by atoms with E-state index in [9.17, 15) is 14.4 Å². The first-order valence-electron chi connectivity index (χ1n) is 6.96. The maximum absolute atomic E-state index is 11.5. The van der Waals surface area contributed by atoms with Crippen LogP contribution in [0.3, 0.4) is 0 Å². The molecular formula is C17H24O6. The summed E-state index contributed by atoms with van der Waals surface area (Å²) >= 11 is 0. The number of carbonyl (C=O) groups excluding carboxylic acids is 3. The van der Waals surface area contributed by atoms with Crippen LogP contribution in [-0.4, -0.2) is 37.7 Å². The second-order valence-corrected chi connectivity index (χ2v) is 5.88. The quantitative estimate of drug-likeness (QED) is 0.368. The molecule has 23 heavy (non-hydrogen) atoms. The molecule has 0 bridgehead atoms. The van der Waals surface area contributed by atoms with Gasteiger partial charge in [0.2, 0.25) is 0 Å². The number of esters is 3. The number of hydrogen-bond acceptors (Lipinski definition) is 6. The lowest BCUT2D eigenvalue weighted by Gasteiger charge is -2.28. The van der Waals surface area contributed by atoms with Crippen LogP contribution in [-0.2, 0) is 28.6 Å². The molecule has 0 N–H and O–H groups in total. The largest absolute Gasteiger partial charge is 0.461 e. The summed E-state index contributed by atoms with van der Waals surface area (Å²) in [6.07, 6.45) is 0. The maximum Gasteiger partial charge on any atom is 0.333 e. The predicted molar refractivity (Wildman–Crippen MR) is 85.4 cm³/mol. The van der Waals surface area contributed by atoms with Crippen LogP contribution in [0.25, 0.3) is 0 Å². The highest BCUT2D eigenvalue weighted by atomic mass is 16.6. The van der Waals surface area contributed by atoms with Gasteiger partial charge in [-0.25, -0.2) is 14.4 Å². The lowest BCUT2D eigenvalue weighted by atomic mass is 9.94. The highest BCUT2D eigenvalue weighted by molar-refractivity contribution is 5.88. The minimum Gasteiger partial charge on any atom is -0.461 e. The van der Waals surface area contributed by atoms with E-state index in [1.54, 1.807) is 6.92 Å². The first-order chi connectivity index (χ1) is 10.5. The molecule has 6 heteroatoms. The molecule has 0 aliphatic rings. The van der Waals surface area contributed by atoms with Gasteiger partial charge >= 0.3 is 17.9 Å². The molecule has 0 aromatic carbocycles. The third kappa shape index (κ3) is 7.99. The Kier molecular flexibility index (Phi) is 8.00. The van der Waals surface area contributed by atoms with Crippen molar-refractivity contribution >= 4 is 17.9 Å². The molecule has 0 saturated heterocycles. The molecule has 0 radical (unpaired) electrons. The summed E-state index contributed by atoms with van der Waals surface area (Å²) in [4.78, 5) is 34.6. The summed E-state index contributed by atoms with van der Waals surface area (Å²) in [6, 6.07) is 0. The van der Waals surface area contributed by atoms with Crippen molar-refractivity contribution in [3.8, 4) is 0 Å².